The third-order valence-corrected chi connectivity index (χ3v) is 11.9. The number of ether oxygens (including phenoxy) is 3. The number of fused-ring (bicyclic) bond motifs is 3. The Hall–Kier alpha value is -5.98. The van der Waals surface area contributed by atoms with Gasteiger partial charge in [-0.3, -0.25) is 19.2 Å². The van der Waals surface area contributed by atoms with E-state index in [1.54, 1.807) is 70.2 Å². The van der Waals surface area contributed by atoms with Crippen LogP contribution in [0.2, 0.25) is 0 Å². The minimum Gasteiger partial charge on any atom is -0.496 e. The average molecular weight is 849 g/mol. The Morgan fingerprint density at radius 1 is 0.850 bits per heavy atom. The maximum absolute atomic E-state index is 14.4. The number of nitrogens with zero attached hydrogens (tertiary/aromatic N) is 2. The van der Waals surface area contributed by atoms with Gasteiger partial charge in [0, 0.05) is 31.1 Å². The molecule has 3 aromatic carbocycles. The molecule has 2 heterocycles. The van der Waals surface area contributed by atoms with Crippen LogP contribution in [0.1, 0.15) is 61.0 Å². The van der Waals surface area contributed by atoms with Gasteiger partial charge in [-0.2, -0.15) is 4.31 Å². The van der Waals surface area contributed by atoms with Crippen LogP contribution in [0.5, 0.6) is 23.0 Å². The summed E-state index contributed by atoms with van der Waals surface area (Å²) in [4.78, 5) is 58.6. The number of amides is 4. The molecule has 0 radical (unpaired) electrons. The lowest BCUT2D eigenvalue weighted by Crippen LogP contribution is -2.59. The number of aliphatic hydroxyl groups excluding tert-OH is 1. The summed E-state index contributed by atoms with van der Waals surface area (Å²) < 4.78 is 52.8. The summed E-state index contributed by atoms with van der Waals surface area (Å²) in [6.45, 7) is 7.17. The van der Waals surface area contributed by atoms with Gasteiger partial charge in [-0.15, -0.1) is 0 Å². The first-order valence-electron chi connectivity index (χ1n) is 19.4. The van der Waals surface area contributed by atoms with Gasteiger partial charge in [0.1, 0.15) is 23.6 Å². The van der Waals surface area contributed by atoms with Gasteiger partial charge in [0.2, 0.25) is 27.7 Å². The van der Waals surface area contributed by atoms with Crippen LogP contribution in [0.3, 0.4) is 0 Å². The topological polar surface area (TPSA) is 228 Å². The van der Waals surface area contributed by atoms with Crippen molar-refractivity contribution in [2.45, 2.75) is 77.1 Å². The molecule has 60 heavy (non-hydrogen) atoms. The minimum absolute atomic E-state index is 0.0829. The summed E-state index contributed by atoms with van der Waals surface area (Å²) in [5.74, 6) is -1.27. The molecule has 0 aliphatic carbocycles. The van der Waals surface area contributed by atoms with E-state index in [2.05, 4.69) is 26.3 Å². The van der Waals surface area contributed by atoms with Crippen LogP contribution in [0.25, 0.3) is 11.3 Å². The number of rotatable bonds is 7. The molecule has 322 valence electrons. The molecule has 5 N–H and O–H groups in total. The number of aliphatic hydroxyl groups is 1. The first kappa shape index (κ1) is 45.1. The van der Waals surface area contributed by atoms with Crippen molar-refractivity contribution in [3.63, 3.8) is 0 Å². The summed E-state index contributed by atoms with van der Waals surface area (Å²) in [5.41, 5.74) is 1.55. The maximum atomic E-state index is 14.4. The number of carbonyl (C=O) groups is 4. The van der Waals surface area contributed by atoms with E-state index in [0.717, 1.165) is 4.31 Å². The number of aromatic nitrogens is 1. The molecular formula is C42H52N6O11S. The van der Waals surface area contributed by atoms with Crippen molar-refractivity contribution in [1.29, 1.82) is 0 Å². The number of methoxy groups -OCH3 is 2. The molecular weight excluding hydrogens is 797 g/mol. The molecule has 4 amide bonds. The SMILES string of the molecule is COc1ccc2cc1Oc1cccc(OC)c1CNC(=O)[C@@H](C(C)C)NC(=O)[C@H]([C@@H](C)O)NC(=O)CN(S(=O)(=O)c1cc(-c3cnc(C)o3)ccc1C)CCCCNC2=O. The number of oxazole rings is 1. The first-order chi connectivity index (χ1) is 28.5. The van der Waals surface area contributed by atoms with Crippen molar-refractivity contribution < 1.29 is 51.3 Å². The van der Waals surface area contributed by atoms with Crippen LogP contribution in [0, 0.1) is 19.8 Å². The highest BCUT2D eigenvalue weighted by Crippen LogP contribution is 2.37. The second-order valence-corrected chi connectivity index (χ2v) is 16.6. The van der Waals surface area contributed by atoms with E-state index in [1.165, 1.54) is 39.5 Å². The largest absolute Gasteiger partial charge is 0.496 e. The zero-order valence-corrected chi connectivity index (χ0v) is 35.5. The Kier molecular flexibility index (Phi) is 14.9. The molecule has 3 atom stereocenters. The zero-order chi connectivity index (χ0) is 43.7. The molecule has 1 aliphatic rings. The van der Waals surface area contributed by atoms with Gasteiger partial charge in [0.25, 0.3) is 5.91 Å². The smallest absolute Gasteiger partial charge is 0.251 e. The summed E-state index contributed by atoms with van der Waals surface area (Å²) >= 11 is 0. The summed E-state index contributed by atoms with van der Waals surface area (Å²) in [6, 6.07) is 11.8. The second-order valence-electron chi connectivity index (χ2n) is 14.7. The maximum Gasteiger partial charge on any atom is 0.251 e. The first-order valence-corrected chi connectivity index (χ1v) is 20.9. The van der Waals surface area contributed by atoms with Gasteiger partial charge >= 0.3 is 0 Å². The van der Waals surface area contributed by atoms with Crippen LogP contribution in [0.15, 0.2) is 70.1 Å². The van der Waals surface area contributed by atoms with Gasteiger partial charge in [-0.05, 0) is 74.6 Å². The van der Waals surface area contributed by atoms with E-state index < -0.39 is 64.3 Å². The highest BCUT2D eigenvalue weighted by atomic mass is 32.2. The number of hydrogen-bond donors (Lipinski definition) is 5. The second kappa shape index (κ2) is 19.8. The third kappa shape index (κ3) is 10.8. The molecule has 1 aliphatic heterocycles. The lowest BCUT2D eigenvalue weighted by molar-refractivity contribution is -0.135. The number of sulfonamides is 1. The van der Waals surface area contributed by atoms with E-state index >= 15 is 0 Å². The molecule has 2 bridgehead atoms. The number of nitrogens with one attached hydrogen (secondary N) is 4. The lowest BCUT2D eigenvalue weighted by Gasteiger charge is -2.28. The molecule has 18 heteroatoms. The van der Waals surface area contributed by atoms with Crippen LogP contribution < -0.4 is 35.5 Å². The number of carbonyl (C=O) groups excluding carboxylic acids is 4. The highest BCUT2D eigenvalue weighted by Gasteiger charge is 2.34. The van der Waals surface area contributed by atoms with E-state index in [4.69, 9.17) is 18.6 Å². The molecule has 17 nitrogen and oxygen atoms in total. The van der Waals surface area contributed by atoms with E-state index in [1.807, 2.05) is 0 Å². The lowest BCUT2D eigenvalue weighted by atomic mass is 10.0. The van der Waals surface area contributed by atoms with Gasteiger partial charge in [-0.1, -0.05) is 32.0 Å². The fourth-order valence-corrected chi connectivity index (χ4v) is 8.22. The fraction of sp³-hybridized carbons (Fsp3) is 0.405. The molecule has 0 unspecified atom stereocenters. The Morgan fingerprint density at radius 3 is 2.25 bits per heavy atom. The van der Waals surface area contributed by atoms with Crippen molar-refractivity contribution in [2.75, 3.05) is 33.9 Å². The van der Waals surface area contributed by atoms with Crippen LogP contribution in [0.4, 0.5) is 0 Å². The third-order valence-electron chi connectivity index (χ3n) is 9.87. The number of hydrogen-bond acceptors (Lipinski definition) is 12. The molecule has 0 spiro atoms. The quantitative estimate of drug-likeness (QED) is 0.180. The van der Waals surface area contributed by atoms with Gasteiger partial charge in [0.15, 0.2) is 23.1 Å². The summed E-state index contributed by atoms with van der Waals surface area (Å²) in [7, 11) is -1.47. The molecule has 0 saturated heterocycles. The van der Waals surface area contributed by atoms with Crippen LogP contribution in [-0.2, 0) is 31.0 Å². The number of aryl methyl sites for hydroxylation is 2. The highest BCUT2D eigenvalue weighted by molar-refractivity contribution is 7.89. The van der Waals surface area contributed by atoms with Gasteiger partial charge in [0.05, 0.1) is 50.1 Å². The normalized spacial score (nSPS) is 18.6. The van der Waals surface area contributed by atoms with Crippen molar-refractivity contribution in [1.82, 2.24) is 30.6 Å². The Bertz CT molecular complexity index is 2310. The van der Waals surface area contributed by atoms with Crippen molar-refractivity contribution >= 4 is 33.7 Å². The van der Waals surface area contributed by atoms with E-state index in [9.17, 15) is 32.7 Å². The van der Waals surface area contributed by atoms with Crippen molar-refractivity contribution in [3.05, 3.63) is 83.4 Å². The summed E-state index contributed by atoms with van der Waals surface area (Å²) in [5, 5.41) is 21.5. The molecule has 4 aromatic rings. The standard InChI is InChI=1S/C42H52N6O11S/c1-24(2)38-41(52)45-21-30-31(56-6)11-10-12-32(30)59-34-19-29(15-16-33(34)57-7)40(51)43-17-8-9-18-48(23-37(50)46-39(26(4)49)42(53)47-38)60(54,55)36-20-28(14-13-25(36)3)35-22-44-27(5)58-35/h10-16,19-20,22,24,26,38-39,49H,8-9,17-18,21,23H2,1-7H3,(H,43,51)(H,45,52)(H,46,50)(H,47,53)/t26-,38-,39+/m1/s1. The molecule has 0 saturated carbocycles. The zero-order valence-electron chi connectivity index (χ0n) is 34.7. The Morgan fingerprint density at radius 2 is 1.58 bits per heavy atom. The number of benzene rings is 3. The molecule has 1 aromatic heterocycles. The van der Waals surface area contributed by atoms with Gasteiger partial charge in [-0.25, -0.2) is 13.4 Å². The average Bonchev–Trinajstić information content (AvgIpc) is 3.65. The van der Waals surface area contributed by atoms with Gasteiger partial charge < -0.3 is 45.0 Å². The monoisotopic (exact) mass is 848 g/mol. The van der Waals surface area contributed by atoms with Crippen LogP contribution >= 0.6 is 0 Å². The van der Waals surface area contributed by atoms with E-state index in [0.29, 0.717) is 52.0 Å². The Labute approximate surface area is 349 Å². The predicted molar refractivity (Wildman–Crippen MR) is 220 cm³/mol. The van der Waals surface area contributed by atoms with Crippen LogP contribution in [-0.4, -0.2) is 98.5 Å². The van der Waals surface area contributed by atoms with Crippen molar-refractivity contribution in [2.24, 2.45) is 5.92 Å². The fourth-order valence-electron chi connectivity index (χ4n) is 6.54. The molecule has 5 rings (SSSR count). The van der Waals surface area contributed by atoms with E-state index in [-0.39, 0.29) is 42.3 Å². The van der Waals surface area contributed by atoms with Crippen molar-refractivity contribution in [3.8, 4) is 34.3 Å². The Balaban J connectivity index is 1.50. The molecule has 0 fully saturated rings. The predicted octanol–water partition coefficient (Wildman–Crippen LogP) is 3.61. The minimum atomic E-state index is -4.38. The summed E-state index contributed by atoms with van der Waals surface area (Å²) in [6.07, 6.45) is 0.571.